The van der Waals surface area contributed by atoms with Crippen LogP contribution in [0.3, 0.4) is 0 Å². The van der Waals surface area contributed by atoms with Crippen molar-refractivity contribution >= 4 is 23.4 Å². The molecule has 0 unspecified atom stereocenters. The lowest BCUT2D eigenvalue weighted by molar-refractivity contribution is -0.133. The lowest BCUT2D eigenvalue weighted by Crippen LogP contribution is -2.51. The van der Waals surface area contributed by atoms with Gasteiger partial charge in [-0.3, -0.25) is 19.6 Å². The average Bonchev–Trinajstić information content (AvgIpc) is 2.80. The molecular weight excluding hydrogens is 440 g/mol. The van der Waals surface area contributed by atoms with Gasteiger partial charge in [0.15, 0.2) is 0 Å². The average molecular weight is 471 g/mol. The molecule has 0 saturated carbocycles. The Kier molecular flexibility index (Phi) is 10.9. The molecule has 10 nitrogen and oxygen atoms in total. The highest BCUT2D eigenvalue weighted by Gasteiger charge is 2.25. The molecule has 0 spiro atoms. The van der Waals surface area contributed by atoms with E-state index in [1.807, 2.05) is 0 Å². The van der Waals surface area contributed by atoms with Crippen molar-refractivity contribution in [3.05, 3.63) is 65.2 Å². The summed E-state index contributed by atoms with van der Waals surface area (Å²) in [4.78, 5) is 35.7. The molecule has 8 N–H and O–H groups in total. The Hall–Kier alpha value is -3.75. The van der Waals surface area contributed by atoms with Gasteiger partial charge in [-0.05, 0) is 62.4 Å². The van der Waals surface area contributed by atoms with Gasteiger partial charge in [0.2, 0.25) is 5.91 Å². The first-order valence-corrected chi connectivity index (χ1v) is 10.0. The summed E-state index contributed by atoms with van der Waals surface area (Å²) in [5.74, 6) is 3.88. The fourth-order valence-corrected chi connectivity index (χ4v) is 2.63. The molecule has 0 aliphatic heterocycles. The Bertz CT molecular complexity index is 1040. The zero-order valence-corrected chi connectivity index (χ0v) is 18.1. The molecule has 0 aliphatic carbocycles. The van der Waals surface area contributed by atoms with Gasteiger partial charge < -0.3 is 26.6 Å². The maximum absolute atomic E-state index is 12.3. The van der Waals surface area contributed by atoms with E-state index in [4.69, 9.17) is 10.9 Å². The first-order valence-electron chi connectivity index (χ1n) is 10.0. The lowest BCUT2D eigenvalue weighted by atomic mass is 10.1. The molecule has 3 amide bonds. The third-order valence-electron chi connectivity index (χ3n) is 4.63. The highest BCUT2D eigenvalue weighted by Crippen LogP contribution is 2.10. The van der Waals surface area contributed by atoms with Crippen molar-refractivity contribution in [2.75, 3.05) is 5.32 Å². The maximum Gasteiger partial charge on any atom is 0.268 e. The number of hydroxylamine groups is 1. The summed E-state index contributed by atoms with van der Waals surface area (Å²) in [6, 6.07) is 10.7. The van der Waals surface area contributed by atoms with Crippen molar-refractivity contribution in [3.8, 4) is 11.8 Å². The quantitative estimate of drug-likeness (QED) is 0.174. The molecule has 0 saturated heterocycles. The third kappa shape index (κ3) is 7.99. The minimum atomic E-state index is -1.31. The number of carbonyl (C=O) groups is 3. The van der Waals surface area contributed by atoms with Crippen LogP contribution in [0.1, 0.15) is 42.8 Å². The fourth-order valence-electron chi connectivity index (χ4n) is 2.63. The second-order valence-electron chi connectivity index (χ2n) is 7.33. The van der Waals surface area contributed by atoms with Crippen molar-refractivity contribution in [2.24, 2.45) is 5.73 Å². The smallest absolute Gasteiger partial charge is 0.268 e. The Morgan fingerprint density at radius 1 is 0.853 bits per heavy atom. The molecule has 0 aromatic heterocycles. The van der Waals surface area contributed by atoms with Gasteiger partial charge >= 0.3 is 0 Å². The van der Waals surface area contributed by atoms with E-state index in [2.05, 4.69) is 22.5 Å². The summed E-state index contributed by atoms with van der Waals surface area (Å²) < 4.78 is 0. The van der Waals surface area contributed by atoms with Crippen LogP contribution in [0, 0.1) is 11.8 Å². The Balaban J connectivity index is 0.00000578. The largest absolute Gasteiger partial charge is 0.391 e. The first kappa shape index (κ1) is 28.3. The van der Waals surface area contributed by atoms with Crippen molar-refractivity contribution in [3.63, 3.8) is 0 Å². The molecule has 0 aliphatic rings. The predicted octanol–water partition coefficient (Wildman–Crippen LogP) is 0.354. The monoisotopic (exact) mass is 470 g/mol. The molecule has 34 heavy (non-hydrogen) atoms. The van der Waals surface area contributed by atoms with E-state index in [0.29, 0.717) is 16.8 Å². The van der Waals surface area contributed by atoms with Crippen LogP contribution in [-0.2, 0) is 9.59 Å². The summed E-state index contributed by atoms with van der Waals surface area (Å²) in [5, 5.41) is 32.6. The molecular formula is C24H30N4O6. The highest BCUT2D eigenvalue weighted by atomic mass is 16.5. The molecule has 2 rings (SSSR count). The van der Waals surface area contributed by atoms with Gasteiger partial charge in [0, 0.05) is 22.4 Å². The molecule has 0 bridgehead atoms. The van der Waals surface area contributed by atoms with E-state index in [0.717, 1.165) is 0 Å². The number of aliphatic hydroxyl groups excluding tert-OH is 2. The number of nitrogens with one attached hydrogen (secondary N) is 3. The van der Waals surface area contributed by atoms with Crippen LogP contribution >= 0.6 is 0 Å². The van der Waals surface area contributed by atoms with E-state index in [1.165, 1.54) is 31.5 Å². The van der Waals surface area contributed by atoms with Crippen LogP contribution in [-0.4, -0.2) is 57.4 Å². The second kappa shape index (κ2) is 13.1. The normalized spacial score (nSPS) is 13.6. The summed E-state index contributed by atoms with van der Waals surface area (Å²) >= 11 is 0. The van der Waals surface area contributed by atoms with Crippen molar-refractivity contribution in [1.29, 1.82) is 0 Å². The summed E-state index contributed by atoms with van der Waals surface area (Å²) in [6.07, 6.45) is -2.17. The maximum atomic E-state index is 12.3. The number of rotatable bonds is 7. The molecule has 10 heteroatoms. The number of carbonyl (C=O) groups excluding carboxylic acids is 3. The number of hydrogen-bond donors (Lipinski definition) is 7. The van der Waals surface area contributed by atoms with Crippen molar-refractivity contribution in [1.82, 2.24) is 10.8 Å². The van der Waals surface area contributed by atoms with Gasteiger partial charge in [-0.1, -0.05) is 19.3 Å². The number of amides is 3. The number of hydrogen-bond acceptors (Lipinski definition) is 7. The summed E-state index contributed by atoms with van der Waals surface area (Å²) in [7, 11) is 0. The van der Waals surface area contributed by atoms with Crippen LogP contribution in [0.5, 0.6) is 0 Å². The van der Waals surface area contributed by atoms with Crippen molar-refractivity contribution in [2.45, 2.75) is 45.6 Å². The van der Waals surface area contributed by atoms with Crippen LogP contribution in [0.2, 0.25) is 0 Å². The van der Waals surface area contributed by atoms with Gasteiger partial charge in [-0.15, -0.1) is 0 Å². The third-order valence-corrected chi connectivity index (χ3v) is 4.63. The van der Waals surface area contributed by atoms with E-state index >= 15 is 0 Å². The Morgan fingerprint density at radius 2 is 1.35 bits per heavy atom. The van der Waals surface area contributed by atoms with E-state index in [-0.39, 0.29) is 13.0 Å². The van der Waals surface area contributed by atoms with Crippen LogP contribution in [0.25, 0.3) is 0 Å². The minimum Gasteiger partial charge on any atom is -0.391 e. The number of benzene rings is 2. The van der Waals surface area contributed by atoms with Gasteiger partial charge in [0.05, 0.1) is 12.2 Å². The molecule has 4 atom stereocenters. The summed E-state index contributed by atoms with van der Waals surface area (Å²) in [6.45, 7) is 2.74. The zero-order valence-electron chi connectivity index (χ0n) is 18.1. The molecule has 2 aromatic carbocycles. The van der Waals surface area contributed by atoms with Gasteiger partial charge in [0.1, 0.15) is 12.1 Å². The van der Waals surface area contributed by atoms with Gasteiger partial charge in [0.25, 0.3) is 11.8 Å². The van der Waals surface area contributed by atoms with E-state index in [9.17, 15) is 24.6 Å². The molecule has 0 radical (unpaired) electrons. The molecule has 0 fully saturated rings. The van der Waals surface area contributed by atoms with Gasteiger partial charge in [-0.2, -0.15) is 0 Å². The number of nitrogens with two attached hydrogens (primary N) is 1. The Labute approximate surface area is 198 Å². The second-order valence-corrected chi connectivity index (χ2v) is 7.33. The van der Waals surface area contributed by atoms with E-state index < -0.39 is 42.0 Å². The number of anilines is 1. The van der Waals surface area contributed by atoms with E-state index in [1.54, 1.807) is 36.4 Å². The van der Waals surface area contributed by atoms with Gasteiger partial charge in [-0.25, -0.2) is 5.48 Å². The van der Waals surface area contributed by atoms with Crippen LogP contribution in [0.15, 0.2) is 48.5 Å². The summed E-state index contributed by atoms with van der Waals surface area (Å²) in [5.41, 5.74) is 9.06. The predicted molar refractivity (Wildman–Crippen MR) is 127 cm³/mol. The van der Waals surface area contributed by atoms with Crippen LogP contribution < -0.4 is 21.8 Å². The Morgan fingerprint density at radius 3 is 1.79 bits per heavy atom. The standard InChI is InChI=1S/C23H26N4O6.CH4/c1-13(28)19(24)22(31)25-18-11-7-16(8-12-18)4-3-15-5-9-17(10-6-15)21(30)26-20(14(2)29)23(32)27-33;/h5-14,19-20,28-29,33H,24H2,1-2H3,(H,25,31)(H,26,30)(H,27,32);1H4/t13-,14-,19+,20+;/m1./s1. The SMILES string of the molecule is C.C[C@@H](O)[C@H](N)C(=O)Nc1ccc(C#Cc2ccc(C(=O)N[C@H](C(=O)NO)[C@@H](C)O)cc2)cc1. The fraction of sp³-hybridized carbons (Fsp3) is 0.292. The minimum absolute atomic E-state index is 0. The lowest BCUT2D eigenvalue weighted by Gasteiger charge is -2.19. The molecule has 2 aromatic rings. The topological polar surface area (TPSA) is 174 Å². The molecule has 182 valence electrons. The molecule has 0 heterocycles. The number of aliphatic hydroxyl groups is 2. The zero-order chi connectivity index (χ0) is 24.5. The van der Waals surface area contributed by atoms with Crippen molar-refractivity contribution < 1.29 is 29.8 Å². The highest BCUT2D eigenvalue weighted by molar-refractivity contribution is 5.97. The first-order chi connectivity index (χ1) is 15.6. The van der Waals surface area contributed by atoms with Crippen LogP contribution in [0.4, 0.5) is 5.69 Å².